The van der Waals surface area contributed by atoms with E-state index in [0.29, 0.717) is 38.1 Å². The number of hydrogen-bond acceptors (Lipinski definition) is 9. The van der Waals surface area contributed by atoms with Crippen molar-refractivity contribution in [3.05, 3.63) is 47.2 Å². The third-order valence-electron chi connectivity index (χ3n) is 6.17. The van der Waals surface area contributed by atoms with Crippen molar-refractivity contribution >= 4 is 17.8 Å². The molecule has 0 bridgehead atoms. The van der Waals surface area contributed by atoms with Gasteiger partial charge in [0.05, 0.1) is 13.8 Å². The smallest absolute Gasteiger partial charge is 0.302 e. The summed E-state index contributed by atoms with van der Waals surface area (Å²) in [5.74, 6) is 0.530. The van der Waals surface area contributed by atoms with E-state index >= 15 is 0 Å². The van der Waals surface area contributed by atoms with E-state index in [1.807, 2.05) is 25.2 Å². The second-order valence-corrected chi connectivity index (χ2v) is 9.47. The molecular weight excluding hydrogens is 486 g/mol. The summed E-state index contributed by atoms with van der Waals surface area (Å²) in [6.45, 7) is 5.50. The van der Waals surface area contributed by atoms with Crippen molar-refractivity contribution in [2.45, 2.75) is 84.3 Å². The van der Waals surface area contributed by atoms with Crippen molar-refractivity contribution in [3.63, 3.8) is 0 Å². The maximum absolute atomic E-state index is 11.8. The van der Waals surface area contributed by atoms with E-state index in [-0.39, 0.29) is 23.8 Å². The molecule has 0 radical (unpaired) electrons. The number of rotatable bonds is 17. The number of nitrogens with one attached hydrogen (secondary N) is 2. The fourth-order valence-electron chi connectivity index (χ4n) is 4.41. The maximum atomic E-state index is 11.8. The van der Waals surface area contributed by atoms with Crippen LogP contribution in [0.2, 0.25) is 0 Å². The summed E-state index contributed by atoms with van der Waals surface area (Å²) >= 11 is 0. The average Bonchev–Trinajstić information content (AvgIpc) is 2.87. The molecule has 0 saturated carbocycles. The molecule has 0 saturated heterocycles. The summed E-state index contributed by atoms with van der Waals surface area (Å²) < 4.78 is 16.6. The molecule has 0 aliphatic carbocycles. The molecule has 38 heavy (non-hydrogen) atoms. The number of phenolic OH excluding ortho intramolecular Hbond substituents is 1. The largest absolute Gasteiger partial charge is 0.504 e. The first-order valence-electron chi connectivity index (χ1n) is 13.3. The number of nitrogens with zero attached hydrogens (tertiary/aromatic N) is 1. The van der Waals surface area contributed by atoms with Crippen LogP contribution in [0.3, 0.4) is 0 Å². The van der Waals surface area contributed by atoms with Crippen LogP contribution in [0, 0.1) is 0 Å². The molecule has 210 valence electrons. The van der Waals surface area contributed by atoms with Crippen molar-refractivity contribution in [2.24, 2.45) is 0 Å². The molecule has 0 amide bonds. The molecule has 2 aromatic rings. The number of phenols is 1. The van der Waals surface area contributed by atoms with Crippen LogP contribution in [-0.4, -0.2) is 55.1 Å². The predicted molar refractivity (Wildman–Crippen MR) is 147 cm³/mol. The molecular formula is C29H43N3O6. The number of anilines is 1. The van der Waals surface area contributed by atoms with Gasteiger partial charge in [-0.2, -0.15) is 0 Å². The normalized spacial score (nSPS) is 12.4. The molecule has 1 aromatic heterocycles. The predicted octanol–water partition coefficient (Wildman–Crippen LogP) is 4.74. The highest BCUT2D eigenvalue weighted by Crippen LogP contribution is 2.34. The number of ether oxygens (including phenoxy) is 3. The van der Waals surface area contributed by atoms with Gasteiger partial charge >= 0.3 is 11.9 Å². The first-order valence-corrected chi connectivity index (χ1v) is 13.3. The molecule has 0 spiro atoms. The summed E-state index contributed by atoms with van der Waals surface area (Å²) in [7, 11) is 3.37. The lowest BCUT2D eigenvalue weighted by Gasteiger charge is -2.24. The van der Waals surface area contributed by atoms with Gasteiger partial charge in [0.25, 0.3) is 0 Å². The lowest BCUT2D eigenvalue weighted by atomic mass is 9.96. The second kappa shape index (κ2) is 16.5. The van der Waals surface area contributed by atoms with Gasteiger partial charge in [-0.3, -0.25) is 9.59 Å². The van der Waals surface area contributed by atoms with Crippen LogP contribution in [-0.2, 0) is 31.9 Å². The lowest BCUT2D eigenvalue weighted by Crippen LogP contribution is -2.27. The van der Waals surface area contributed by atoms with E-state index in [2.05, 4.69) is 22.5 Å². The Balaban J connectivity index is 2.19. The van der Waals surface area contributed by atoms with E-state index in [9.17, 15) is 14.7 Å². The number of carbonyl (C=O) groups excluding carboxylic acids is 2. The van der Waals surface area contributed by atoms with E-state index in [1.54, 1.807) is 12.3 Å². The van der Waals surface area contributed by atoms with Gasteiger partial charge in [-0.15, -0.1) is 0 Å². The van der Waals surface area contributed by atoms with Crippen LogP contribution < -0.4 is 15.4 Å². The number of carbonyl (C=O) groups is 2. The SMILES string of the molecule is CCCCCC(CC(CCc1cc(Cc2ccnc(NCNC)c2)c(O)c(OC)c1)OC(C)=O)OC(C)=O. The topological polar surface area (TPSA) is 119 Å². The van der Waals surface area contributed by atoms with Gasteiger partial charge in [0.15, 0.2) is 11.5 Å². The zero-order chi connectivity index (χ0) is 27.9. The molecule has 1 heterocycles. The van der Waals surface area contributed by atoms with Gasteiger partial charge in [0.2, 0.25) is 0 Å². The minimum atomic E-state index is -0.400. The minimum absolute atomic E-state index is 0.0974. The monoisotopic (exact) mass is 529 g/mol. The van der Waals surface area contributed by atoms with Gasteiger partial charge in [-0.1, -0.05) is 25.8 Å². The van der Waals surface area contributed by atoms with Gasteiger partial charge < -0.3 is 30.0 Å². The molecule has 0 fully saturated rings. The molecule has 2 rings (SSSR count). The number of aromatic hydroxyl groups is 1. The van der Waals surface area contributed by atoms with Gasteiger partial charge in [-0.05, 0) is 62.1 Å². The van der Waals surface area contributed by atoms with Crippen molar-refractivity contribution in [3.8, 4) is 11.5 Å². The highest BCUT2D eigenvalue weighted by molar-refractivity contribution is 5.66. The number of unbranched alkanes of at least 4 members (excludes halogenated alkanes) is 2. The third kappa shape index (κ3) is 11.0. The molecule has 9 nitrogen and oxygen atoms in total. The number of aromatic nitrogens is 1. The fourth-order valence-corrected chi connectivity index (χ4v) is 4.41. The van der Waals surface area contributed by atoms with Crippen molar-refractivity contribution in [1.29, 1.82) is 0 Å². The Morgan fingerprint density at radius 2 is 1.74 bits per heavy atom. The second-order valence-electron chi connectivity index (χ2n) is 9.47. The maximum Gasteiger partial charge on any atom is 0.302 e. The molecule has 0 aliphatic heterocycles. The van der Waals surface area contributed by atoms with Crippen molar-refractivity contribution in [1.82, 2.24) is 10.3 Å². The van der Waals surface area contributed by atoms with E-state index in [1.165, 1.54) is 21.0 Å². The Labute approximate surface area is 226 Å². The van der Waals surface area contributed by atoms with Gasteiger partial charge in [-0.25, -0.2) is 4.98 Å². The number of benzene rings is 1. The molecule has 1 aromatic carbocycles. The summed E-state index contributed by atoms with van der Waals surface area (Å²) in [4.78, 5) is 27.8. The summed E-state index contributed by atoms with van der Waals surface area (Å²) in [5, 5.41) is 17.0. The summed E-state index contributed by atoms with van der Waals surface area (Å²) in [6.07, 6.45) is 6.91. The number of methoxy groups -OCH3 is 1. The van der Waals surface area contributed by atoms with Crippen molar-refractivity contribution < 1.29 is 28.9 Å². The quantitative estimate of drug-likeness (QED) is 0.152. The van der Waals surface area contributed by atoms with E-state index in [0.717, 1.165) is 48.2 Å². The zero-order valence-electron chi connectivity index (χ0n) is 23.3. The minimum Gasteiger partial charge on any atom is -0.504 e. The number of aryl methyl sites for hydroxylation is 1. The van der Waals surface area contributed by atoms with Crippen LogP contribution in [0.15, 0.2) is 30.5 Å². The highest BCUT2D eigenvalue weighted by atomic mass is 16.6. The zero-order valence-corrected chi connectivity index (χ0v) is 23.3. The standard InChI is InChI=1S/C29H43N3O6/c1-6-7-8-9-25(37-20(2)33)18-26(38-21(3)34)11-10-22-14-24(29(35)27(16-22)36-5)15-23-12-13-31-28(17-23)32-19-30-4/h12-14,16-17,25-26,30,35H,6-11,15,18-19H2,1-5H3,(H,31,32). The third-order valence-corrected chi connectivity index (χ3v) is 6.17. The molecule has 2 unspecified atom stereocenters. The molecule has 3 N–H and O–H groups in total. The van der Waals surface area contributed by atoms with E-state index < -0.39 is 6.10 Å². The van der Waals surface area contributed by atoms with Gasteiger partial charge in [0, 0.05) is 38.4 Å². The number of esters is 2. The number of hydrogen-bond donors (Lipinski definition) is 3. The number of pyridine rings is 1. The first-order chi connectivity index (χ1) is 18.2. The highest BCUT2D eigenvalue weighted by Gasteiger charge is 2.22. The Morgan fingerprint density at radius 3 is 2.37 bits per heavy atom. The molecule has 2 atom stereocenters. The van der Waals surface area contributed by atoms with Crippen LogP contribution in [0.1, 0.15) is 76.0 Å². The summed E-state index contributed by atoms with van der Waals surface area (Å²) in [6, 6.07) is 7.61. The summed E-state index contributed by atoms with van der Waals surface area (Å²) in [5.41, 5.74) is 2.66. The Kier molecular flexibility index (Phi) is 13.4. The van der Waals surface area contributed by atoms with Crippen LogP contribution in [0.4, 0.5) is 5.82 Å². The van der Waals surface area contributed by atoms with Crippen molar-refractivity contribution in [2.75, 3.05) is 26.1 Å². The van der Waals surface area contributed by atoms with Crippen LogP contribution in [0.5, 0.6) is 11.5 Å². The van der Waals surface area contributed by atoms with Crippen LogP contribution in [0.25, 0.3) is 0 Å². The fraction of sp³-hybridized carbons (Fsp3) is 0.552. The Morgan fingerprint density at radius 1 is 1.03 bits per heavy atom. The Bertz CT molecular complexity index is 1030. The van der Waals surface area contributed by atoms with E-state index in [4.69, 9.17) is 14.2 Å². The Hall–Kier alpha value is -3.33. The first kappa shape index (κ1) is 30.9. The lowest BCUT2D eigenvalue weighted by molar-refractivity contribution is -0.153. The van der Waals surface area contributed by atoms with Gasteiger partial charge in [0.1, 0.15) is 18.0 Å². The van der Waals surface area contributed by atoms with Crippen LogP contribution >= 0.6 is 0 Å². The molecule has 9 heteroatoms. The average molecular weight is 530 g/mol. The molecule has 0 aliphatic rings.